The second-order valence-corrected chi connectivity index (χ2v) is 5.44. The molecule has 5 heteroatoms. The summed E-state index contributed by atoms with van der Waals surface area (Å²) in [7, 11) is 0. The smallest absolute Gasteiger partial charge is 0.164 e. The van der Waals surface area contributed by atoms with Gasteiger partial charge in [0.15, 0.2) is 11.5 Å². The quantitative estimate of drug-likeness (QED) is 0.717. The Morgan fingerprint density at radius 1 is 1.45 bits per heavy atom. The van der Waals surface area contributed by atoms with E-state index in [0.29, 0.717) is 30.5 Å². The fraction of sp³-hybridized carbons (Fsp3) is 0.600. The van der Waals surface area contributed by atoms with Crippen molar-refractivity contribution in [2.45, 2.75) is 38.5 Å². The summed E-state index contributed by atoms with van der Waals surface area (Å²) in [5, 5.41) is 22.6. The van der Waals surface area contributed by atoms with E-state index in [2.05, 4.69) is 5.32 Å². The van der Waals surface area contributed by atoms with Crippen molar-refractivity contribution in [3.05, 3.63) is 23.8 Å². The van der Waals surface area contributed by atoms with Gasteiger partial charge in [0.2, 0.25) is 0 Å². The number of para-hydroxylation sites is 1. The van der Waals surface area contributed by atoms with E-state index in [9.17, 15) is 10.2 Å². The Hall–Kier alpha value is -1.30. The summed E-state index contributed by atoms with van der Waals surface area (Å²) in [6.45, 7) is 5.04. The molecule has 5 nitrogen and oxygen atoms in total. The predicted molar refractivity (Wildman–Crippen MR) is 76.3 cm³/mol. The average molecular weight is 281 g/mol. The minimum absolute atomic E-state index is 0.210. The van der Waals surface area contributed by atoms with E-state index in [1.165, 1.54) is 0 Å². The molecule has 0 amide bonds. The van der Waals surface area contributed by atoms with E-state index >= 15 is 0 Å². The summed E-state index contributed by atoms with van der Waals surface area (Å²) in [6, 6.07) is 5.94. The number of benzene rings is 1. The highest BCUT2D eigenvalue weighted by Gasteiger charge is 2.21. The normalized spacial score (nSPS) is 19.4. The molecule has 2 atom stereocenters. The maximum Gasteiger partial charge on any atom is 0.164 e. The van der Waals surface area contributed by atoms with Gasteiger partial charge in [0, 0.05) is 24.6 Å². The van der Waals surface area contributed by atoms with Crippen molar-refractivity contribution in [2.75, 3.05) is 19.8 Å². The van der Waals surface area contributed by atoms with E-state index in [1.54, 1.807) is 0 Å². The first kappa shape index (κ1) is 15.1. The number of aliphatic hydroxyl groups excluding tert-OH is 2. The van der Waals surface area contributed by atoms with Gasteiger partial charge in [-0.3, -0.25) is 0 Å². The van der Waals surface area contributed by atoms with Crippen molar-refractivity contribution in [3.63, 3.8) is 0 Å². The number of rotatable bonds is 6. The van der Waals surface area contributed by atoms with Crippen LogP contribution in [0.15, 0.2) is 18.2 Å². The topological polar surface area (TPSA) is 71.0 Å². The van der Waals surface area contributed by atoms with Crippen LogP contribution in [0, 0.1) is 0 Å². The van der Waals surface area contributed by atoms with Gasteiger partial charge in [-0.1, -0.05) is 26.0 Å². The number of hydrogen-bond acceptors (Lipinski definition) is 5. The van der Waals surface area contributed by atoms with Crippen LogP contribution in [-0.4, -0.2) is 48.2 Å². The van der Waals surface area contributed by atoms with Crippen molar-refractivity contribution in [1.29, 1.82) is 0 Å². The first-order chi connectivity index (χ1) is 9.56. The first-order valence-corrected chi connectivity index (χ1v) is 7.03. The highest BCUT2D eigenvalue weighted by Crippen LogP contribution is 2.34. The number of hydrogen-bond donors (Lipinski definition) is 3. The van der Waals surface area contributed by atoms with Gasteiger partial charge in [0.1, 0.15) is 19.3 Å². The second kappa shape index (κ2) is 6.92. The van der Waals surface area contributed by atoms with Crippen molar-refractivity contribution in [2.24, 2.45) is 0 Å². The number of nitrogens with one attached hydrogen (secondary N) is 1. The van der Waals surface area contributed by atoms with Crippen molar-refractivity contribution >= 4 is 0 Å². The summed E-state index contributed by atoms with van der Waals surface area (Å²) in [5.41, 5.74) is 0.941. The molecular weight excluding hydrogens is 258 g/mol. The van der Waals surface area contributed by atoms with Gasteiger partial charge in [-0.05, 0) is 6.07 Å². The Labute approximate surface area is 119 Å². The van der Waals surface area contributed by atoms with Crippen LogP contribution in [0.1, 0.15) is 19.4 Å². The molecule has 0 aliphatic carbocycles. The molecule has 0 spiro atoms. The van der Waals surface area contributed by atoms with Gasteiger partial charge in [-0.2, -0.15) is 0 Å². The van der Waals surface area contributed by atoms with Gasteiger partial charge in [0.05, 0.1) is 6.10 Å². The van der Waals surface area contributed by atoms with Gasteiger partial charge in [-0.15, -0.1) is 0 Å². The van der Waals surface area contributed by atoms with E-state index < -0.39 is 12.2 Å². The minimum atomic E-state index is -0.567. The molecule has 0 aromatic heterocycles. The standard InChI is InChI=1S/C15H23NO4/c1-10(2)16-7-13(18)9-19-14-5-3-4-11-6-12(17)8-20-15(11)14/h3-5,10,12-13,16-18H,6-9H2,1-2H3/t12-,13-/m1/s1. The summed E-state index contributed by atoms with van der Waals surface area (Å²) < 4.78 is 11.2. The van der Waals surface area contributed by atoms with E-state index in [1.807, 2.05) is 32.0 Å². The molecule has 0 fully saturated rings. The van der Waals surface area contributed by atoms with Crippen LogP contribution in [0.25, 0.3) is 0 Å². The molecule has 0 saturated carbocycles. The molecule has 20 heavy (non-hydrogen) atoms. The molecule has 0 unspecified atom stereocenters. The maximum atomic E-state index is 9.84. The molecule has 0 saturated heterocycles. The number of aliphatic hydroxyl groups is 2. The van der Waals surface area contributed by atoms with Crippen LogP contribution in [0.3, 0.4) is 0 Å². The third-order valence-electron chi connectivity index (χ3n) is 3.13. The lowest BCUT2D eigenvalue weighted by Gasteiger charge is -2.24. The van der Waals surface area contributed by atoms with Gasteiger partial charge >= 0.3 is 0 Å². The maximum absolute atomic E-state index is 9.84. The van der Waals surface area contributed by atoms with Crippen LogP contribution >= 0.6 is 0 Å². The lowest BCUT2D eigenvalue weighted by Crippen LogP contribution is -2.35. The van der Waals surface area contributed by atoms with Gasteiger partial charge < -0.3 is 25.0 Å². The SMILES string of the molecule is CC(C)NC[C@@H](O)COc1cccc2c1OC[C@H](O)C2. The lowest BCUT2D eigenvalue weighted by molar-refractivity contribution is 0.0810. The Morgan fingerprint density at radius 3 is 3.00 bits per heavy atom. The van der Waals surface area contributed by atoms with Crippen LogP contribution < -0.4 is 14.8 Å². The fourth-order valence-corrected chi connectivity index (χ4v) is 2.11. The van der Waals surface area contributed by atoms with Crippen molar-refractivity contribution in [3.8, 4) is 11.5 Å². The summed E-state index contributed by atoms with van der Waals surface area (Å²) in [6.07, 6.45) is -0.453. The molecule has 1 heterocycles. The average Bonchev–Trinajstić information content (AvgIpc) is 2.42. The molecule has 1 aliphatic heterocycles. The molecule has 112 valence electrons. The zero-order chi connectivity index (χ0) is 14.5. The van der Waals surface area contributed by atoms with Crippen molar-refractivity contribution < 1.29 is 19.7 Å². The predicted octanol–water partition coefficient (Wildman–Crippen LogP) is 0.720. The monoisotopic (exact) mass is 281 g/mol. The zero-order valence-corrected chi connectivity index (χ0v) is 12.0. The van der Waals surface area contributed by atoms with E-state index in [4.69, 9.17) is 9.47 Å². The van der Waals surface area contributed by atoms with Gasteiger partial charge in [0.25, 0.3) is 0 Å². The largest absolute Gasteiger partial charge is 0.487 e. The van der Waals surface area contributed by atoms with Crippen LogP contribution in [0.2, 0.25) is 0 Å². The summed E-state index contributed by atoms with van der Waals surface area (Å²) in [5.74, 6) is 1.31. The van der Waals surface area contributed by atoms with Crippen LogP contribution in [0.5, 0.6) is 11.5 Å². The molecular formula is C15H23NO4. The molecule has 1 aromatic rings. The molecule has 2 rings (SSSR count). The Balaban J connectivity index is 1.92. The third-order valence-corrected chi connectivity index (χ3v) is 3.13. The lowest BCUT2D eigenvalue weighted by atomic mass is 10.0. The zero-order valence-electron chi connectivity index (χ0n) is 12.0. The van der Waals surface area contributed by atoms with Crippen molar-refractivity contribution in [1.82, 2.24) is 5.32 Å². The Bertz CT molecular complexity index is 436. The molecule has 0 radical (unpaired) electrons. The molecule has 0 bridgehead atoms. The minimum Gasteiger partial charge on any atom is -0.487 e. The third kappa shape index (κ3) is 4.10. The van der Waals surface area contributed by atoms with Crippen LogP contribution in [0.4, 0.5) is 0 Å². The molecule has 1 aromatic carbocycles. The molecule has 1 aliphatic rings. The number of ether oxygens (including phenoxy) is 2. The van der Waals surface area contributed by atoms with Gasteiger partial charge in [-0.25, -0.2) is 0 Å². The van der Waals surface area contributed by atoms with E-state index in [-0.39, 0.29) is 13.2 Å². The summed E-state index contributed by atoms with van der Waals surface area (Å²) in [4.78, 5) is 0. The number of fused-ring (bicyclic) bond motifs is 1. The first-order valence-electron chi connectivity index (χ1n) is 7.03. The van der Waals surface area contributed by atoms with E-state index in [0.717, 1.165) is 5.56 Å². The fourth-order valence-electron chi connectivity index (χ4n) is 2.11. The Kier molecular flexibility index (Phi) is 5.23. The summed E-state index contributed by atoms with van der Waals surface area (Å²) >= 11 is 0. The molecule has 3 N–H and O–H groups in total. The highest BCUT2D eigenvalue weighted by atomic mass is 16.5. The second-order valence-electron chi connectivity index (χ2n) is 5.44. The Morgan fingerprint density at radius 2 is 2.25 bits per heavy atom. The van der Waals surface area contributed by atoms with Crippen LogP contribution in [-0.2, 0) is 6.42 Å². The highest BCUT2D eigenvalue weighted by molar-refractivity contribution is 5.48.